The second kappa shape index (κ2) is 15.3. The van der Waals surface area contributed by atoms with Gasteiger partial charge in [-0.2, -0.15) is 0 Å². The molecule has 0 aliphatic carbocycles. The van der Waals surface area contributed by atoms with Gasteiger partial charge in [-0.25, -0.2) is 23.1 Å². The normalized spacial score (nSPS) is 16.2. The number of nitrogens with one attached hydrogen (secondary N) is 3. The number of aromatic nitrogens is 2. The van der Waals surface area contributed by atoms with Crippen LogP contribution in [0, 0.1) is 11.6 Å². The zero-order valence-corrected chi connectivity index (χ0v) is 25.5. The molecule has 242 valence electrons. The topological polar surface area (TPSA) is 119 Å². The van der Waals surface area contributed by atoms with E-state index in [4.69, 9.17) is 14.2 Å². The highest BCUT2D eigenvalue weighted by Gasteiger charge is 2.36. The van der Waals surface area contributed by atoms with E-state index in [2.05, 4.69) is 25.9 Å². The predicted molar refractivity (Wildman–Crippen MR) is 168 cm³/mol. The molecule has 13 heteroatoms. The lowest BCUT2D eigenvalue weighted by molar-refractivity contribution is 0.155. The number of amides is 3. The van der Waals surface area contributed by atoms with E-state index in [0.29, 0.717) is 37.5 Å². The van der Waals surface area contributed by atoms with Gasteiger partial charge in [0.15, 0.2) is 23.1 Å². The highest BCUT2D eigenvalue weighted by molar-refractivity contribution is 5.98. The minimum atomic E-state index is -0.957. The molecule has 1 aromatic heterocycles. The molecular weight excluding hydrogens is 598 g/mol. The lowest BCUT2D eigenvalue weighted by atomic mass is 9.94. The Morgan fingerprint density at radius 2 is 1.70 bits per heavy atom. The van der Waals surface area contributed by atoms with Gasteiger partial charge in [0.25, 0.3) is 5.88 Å². The molecular formula is C33H36F2N6O5. The minimum absolute atomic E-state index is 0.0271. The number of hydrogen-bond donors (Lipinski definition) is 3. The second-order valence-electron chi connectivity index (χ2n) is 10.6. The van der Waals surface area contributed by atoms with Crippen LogP contribution in [0.5, 0.6) is 5.88 Å². The average molecular weight is 635 g/mol. The van der Waals surface area contributed by atoms with Crippen molar-refractivity contribution in [2.75, 3.05) is 50.6 Å². The van der Waals surface area contributed by atoms with Gasteiger partial charge in [-0.05, 0) is 42.3 Å². The summed E-state index contributed by atoms with van der Waals surface area (Å²) in [4.78, 5) is 28.7. The molecule has 0 saturated carbocycles. The van der Waals surface area contributed by atoms with Crippen LogP contribution in [-0.2, 0) is 16.1 Å². The molecule has 11 nitrogen and oxygen atoms in total. The zero-order chi connectivity index (χ0) is 32.5. The van der Waals surface area contributed by atoms with E-state index >= 15 is 0 Å². The molecule has 0 spiro atoms. The Morgan fingerprint density at radius 1 is 0.957 bits per heavy atom. The first-order valence-electron chi connectivity index (χ1n) is 14.9. The summed E-state index contributed by atoms with van der Waals surface area (Å²) >= 11 is 0. The third kappa shape index (κ3) is 7.98. The molecule has 4 aromatic rings. The molecule has 1 aliphatic rings. The van der Waals surface area contributed by atoms with Gasteiger partial charge in [-0.15, -0.1) is 5.10 Å². The zero-order valence-electron chi connectivity index (χ0n) is 25.5. The van der Waals surface area contributed by atoms with Gasteiger partial charge in [0.05, 0.1) is 24.9 Å². The van der Waals surface area contributed by atoms with Crippen molar-refractivity contribution < 1.29 is 32.6 Å². The first-order valence-corrected chi connectivity index (χ1v) is 14.9. The van der Waals surface area contributed by atoms with E-state index in [1.807, 2.05) is 48.5 Å². The summed E-state index contributed by atoms with van der Waals surface area (Å²) in [6.07, 6.45) is -0.774. The number of benzene rings is 3. The molecule has 2 atom stereocenters. The maximum Gasteiger partial charge on any atom is 0.412 e. The largest absolute Gasteiger partial charge is 0.475 e. The standard InChI is InChI=1S/C33H36F2N6O5/c1-3-45-31-29(37-33(43)46-21-22-10-6-4-7-11-22)30(41(39-31)24-12-8-5-9-13-24)38-32(42)36-28-20-40(16-17-44-2)19-25(28)23-14-15-26(34)27(35)18-23/h4-15,18,25,28H,3,16-17,19-21H2,1-2H3,(H,37,43)(H2,36,38,42)/t25-,28+/m0/s1. The fourth-order valence-electron chi connectivity index (χ4n) is 5.31. The van der Waals surface area contributed by atoms with Crippen molar-refractivity contribution in [3.05, 3.63) is 102 Å². The van der Waals surface area contributed by atoms with Crippen molar-refractivity contribution in [1.29, 1.82) is 0 Å². The van der Waals surface area contributed by atoms with Crippen molar-refractivity contribution in [3.63, 3.8) is 0 Å². The summed E-state index contributed by atoms with van der Waals surface area (Å²) in [6, 6.07) is 20.9. The summed E-state index contributed by atoms with van der Waals surface area (Å²) < 4.78 is 45.8. The molecule has 3 aromatic carbocycles. The number of nitrogens with zero attached hydrogens (tertiary/aromatic N) is 3. The van der Waals surface area contributed by atoms with Gasteiger partial charge in [0.1, 0.15) is 6.61 Å². The van der Waals surface area contributed by atoms with Crippen LogP contribution in [0.4, 0.5) is 29.9 Å². The number of carbonyl (C=O) groups excluding carboxylic acids is 2. The van der Waals surface area contributed by atoms with Gasteiger partial charge in [0.2, 0.25) is 0 Å². The molecule has 1 aliphatic heterocycles. The van der Waals surface area contributed by atoms with Gasteiger partial charge >= 0.3 is 12.1 Å². The summed E-state index contributed by atoms with van der Waals surface area (Å²) in [5, 5.41) is 13.0. The molecule has 3 N–H and O–H groups in total. The van der Waals surface area contributed by atoms with E-state index in [1.165, 1.54) is 10.7 Å². The van der Waals surface area contributed by atoms with Crippen LogP contribution in [0.1, 0.15) is 24.0 Å². The molecule has 0 radical (unpaired) electrons. The van der Waals surface area contributed by atoms with Crippen molar-refractivity contribution in [3.8, 4) is 11.6 Å². The van der Waals surface area contributed by atoms with E-state index in [1.54, 1.807) is 26.2 Å². The van der Waals surface area contributed by atoms with E-state index in [0.717, 1.165) is 17.7 Å². The number of urea groups is 1. The second-order valence-corrected chi connectivity index (χ2v) is 10.6. The van der Waals surface area contributed by atoms with E-state index in [9.17, 15) is 18.4 Å². The van der Waals surface area contributed by atoms with Crippen LogP contribution in [0.2, 0.25) is 0 Å². The Kier molecular flexibility index (Phi) is 10.8. The number of halogens is 2. The van der Waals surface area contributed by atoms with Crippen molar-refractivity contribution in [1.82, 2.24) is 20.0 Å². The first kappa shape index (κ1) is 32.4. The molecule has 2 heterocycles. The number of hydrogen-bond acceptors (Lipinski definition) is 7. The molecule has 3 amide bonds. The number of para-hydroxylation sites is 1. The summed E-state index contributed by atoms with van der Waals surface area (Å²) in [7, 11) is 1.60. The summed E-state index contributed by atoms with van der Waals surface area (Å²) in [5.41, 5.74) is 2.05. The highest BCUT2D eigenvalue weighted by Crippen LogP contribution is 2.35. The third-order valence-corrected chi connectivity index (χ3v) is 7.50. The van der Waals surface area contributed by atoms with E-state index < -0.39 is 29.8 Å². The lowest BCUT2D eigenvalue weighted by Gasteiger charge is -2.21. The lowest BCUT2D eigenvalue weighted by Crippen LogP contribution is -2.42. The molecule has 0 unspecified atom stereocenters. The van der Waals surface area contributed by atoms with Gasteiger partial charge in [-0.1, -0.05) is 54.6 Å². The van der Waals surface area contributed by atoms with Crippen LogP contribution in [-0.4, -0.2) is 72.8 Å². The van der Waals surface area contributed by atoms with Crippen molar-refractivity contribution >= 4 is 23.6 Å². The minimum Gasteiger partial charge on any atom is -0.475 e. The summed E-state index contributed by atoms with van der Waals surface area (Å²) in [5.74, 6) is -2.03. The van der Waals surface area contributed by atoms with Crippen LogP contribution in [0.15, 0.2) is 78.9 Å². The number of likely N-dealkylation sites (tertiary alicyclic amines) is 1. The fourth-order valence-corrected chi connectivity index (χ4v) is 5.31. The smallest absolute Gasteiger partial charge is 0.412 e. The molecule has 1 fully saturated rings. The quantitative estimate of drug-likeness (QED) is 0.187. The Labute approximate surface area is 265 Å². The van der Waals surface area contributed by atoms with Crippen LogP contribution >= 0.6 is 0 Å². The maximum atomic E-state index is 14.2. The molecule has 0 bridgehead atoms. The Bertz CT molecular complexity index is 1620. The molecule has 5 rings (SSSR count). The van der Waals surface area contributed by atoms with Gasteiger partial charge < -0.3 is 19.5 Å². The summed E-state index contributed by atoms with van der Waals surface area (Å²) in [6.45, 7) is 4.03. The monoisotopic (exact) mass is 634 g/mol. The number of ether oxygens (including phenoxy) is 3. The Morgan fingerprint density at radius 3 is 2.39 bits per heavy atom. The molecule has 1 saturated heterocycles. The van der Waals surface area contributed by atoms with Crippen LogP contribution in [0.25, 0.3) is 5.69 Å². The van der Waals surface area contributed by atoms with Crippen LogP contribution < -0.4 is 20.7 Å². The number of rotatable bonds is 12. The first-order chi connectivity index (χ1) is 22.4. The fraction of sp³-hybridized carbons (Fsp3) is 0.303. The van der Waals surface area contributed by atoms with E-state index in [-0.39, 0.29) is 36.5 Å². The van der Waals surface area contributed by atoms with Gasteiger partial charge in [0, 0.05) is 32.7 Å². The number of carbonyl (C=O) groups is 2. The Balaban J connectivity index is 1.41. The number of methoxy groups -OCH3 is 1. The Hall–Kier alpha value is -5.01. The highest BCUT2D eigenvalue weighted by atomic mass is 19.2. The average Bonchev–Trinajstić information content (AvgIpc) is 3.61. The molecule has 46 heavy (non-hydrogen) atoms. The van der Waals surface area contributed by atoms with Crippen molar-refractivity contribution in [2.45, 2.75) is 25.5 Å². The number of anilines is 2. The van der Waals surface area contributed by atoms with Crippen molar-refractivity contribution in [2.24, 2.45) is 0 Å². The van der Waals surface area contributed by atoms with Crippen LogP contribution in [0.3, 0.4) is 0 Å². The maximum absolute atomic E-state index is 14.2. The SMILES string of the molecule is CCOc1nn(-c2ccccc2)c(NC(=O)N[C@@H]2CN(CCOC)C[C@H]2c2ccc(F)c(F)c2)c1NC(=O)OCc1ccccc1. The predicted octanol–water partition coefficient (Wildman–Crippen LogP) is 5.53. The van der Waals surface area contributed by atoms with Gasteiger partial charge in [-0.3, -0.25) is 15.5 Å². The third-order valence-electron chi connectivity index (χ3n) is 7.50.